The fraction of sp³-hybridized carbons (Fsp3) is 0.571. The predicted octanol–water partition coefficient (Wildman–Crippen LogP) is 0.140. The van der Waals surface area contributed by atoms with Gasteiger partial charge in [0.2, 0.25) is 5.91 Å². The third-order valence-corrected chi connectivity index (χ3v) is 8.20. The fourth-order valence-corrected chi connectivity index (χ4v) is 6.67. The van der Waals surface area contributed by atoms with Crippen LogP contribution in [0.2, 0.25) is 0 Å². The lowest BCUT2D eigenvalue weighted by Gasteiger charge is -2.28. The van der Waals surface area contributed by atoms with Crippen molar-refractivity contribution >= 4 is 27.7 Å². The van der Waals surface area contributed by atoms with Crippen molar-refractivity contribution in [3.05, 3.63) is 35.4 Å². The molecule has 168 valence electrons. The Balaban J connectivity index is 1.45. The highest BCUT2D eigenvalue weighted by atomic mass is 32.2. The average Bonchev–Trinajstić information content (AvgIpc) is 3.37. The van der Waals surface area contributed by atoms with E-state index in [9.17, 15) is 22.8 Å². The van der Waals surface area contributed by atoms with Crippen LogP contribution in [0.3, 0.4) is 0 Å². The Morgan fingerprint density at radius 1 is 1.16 bits per heavy atom. The molecule has 31 heavy (non-hydrogen) atoms. The largest absolute Gasteiger partial charge is 0.349 e. The average molecular weight is 449 g/mol. The van der Waals surface area contributed by atoms with E-state index in [1.807, 2.05) is 19.1 Å². The quantitative estimate of drug-likeness (QED) is 0.619. The molecule has 0 aromatic heterocycles. The maximum atomic E-state index is 13.0. The molecule has 1 aromatic carbocycles. The SMILES string of the molecule is Cc1ccc(C2(C)NC(=O)N(CC(=O)NC3CS(=O)(=O)CC3N3CCCC3)C2=O)cc1. The number of amides is 4. The maximum Gasteiger partial charge on any atom is 0.325 e. The first-order valence-corrected chi connectivity index (χ1v) is 12.4. The van der Waals surface area contributed by atoms with E-state index in [1.54, 1.807) is 19.1 Å². The summed E-state index contributed by atoms with van der Waals surface area (Å²) >= 11 is 0. The highest BCUT2D eigenvalue weighted by Gasteiger charge is 2.50. The van der Waals surface area contributed by atoms with E-state index in [0.717, 1.165) is 36.4 Å². The minimum Gasteiger partial charge on any atom is -0.349 e. The number of likely N-dealkylation sites (tertiary alicyclic amines) is 1. The molecule has 0 saturated carbocycles. The summed E-state index contributed by atoms with van der Waals surface area (Å²) in [5.41, 5.74) is 0.412. The number of sulfone groups is 1. The lowest BCUT2D eigenvalue weighted by molar-refractivity contribution is -0.135. The van der Waals surface area contributed by atoms with Gasteiger partial charge in [0.15, 0.2) is 9.84 Å². The van der Waals surface area contributed by atoms with Gasteiger partial charge in [0.25, 0.3) is 5.91 Å². The highest BCUT2D eigenvalue weighted by Crippen LogP contribution is 2.29. The number of nitrogens with one attached hydrogen (secondary N) is 2. The van der Waals surface area contributed by atoms with Crippen LogP contribution >= 0.6 is 0 Å². The molecular formula is C21H28N4O5S. The van der Waals surface area contributed by atoms with Crippen molar-refractivity contribution in [2.24, 2.45) is 0 Å². The number of hydrogen-bond donors (Lipinski definition) is 2. The standard InChI is InChI=1S/C21H28N4O5S/c1-14-5-7-15(8-6-14)21(2)19(27)25(20(28)23-21)11-18(26)22-16-12-31(29,30)13-17(16)24-9-3-4-10-24/h5-8,16-17H,3-4,9-13H2,1-2H3,(H,22,26)(H,23,28). The number of rotatable bonds is 5. The van der Waals surface area contributed by atoms with Gasteiger partial charge >= 0.3 is 6.03 Å². The van der Waals surface area contributed by atoms with Crippen LogP contribution in [-0.2, 0) is 25.0 Å². The Bertz CT molecular complexity index is 1000. The monoisotopic (exact) mass is 448 g/mol. The lowest BCUT2D eigenvalue weighted by atomic mass is 9.91. The zero-order valence-corrected chi connectivity index (χ0v) is 18.6. The van der Waals surface area contributed by atoms with E-state index in [0.29, 0.717) is 5.56 Å². The number of hydrogen-bond acceptors (Lipinski definition) is 6. The van der Waals surface area contributed by atoms with Crippen LogP contribution < -0.4 is 10.6 Å². The molecular weight excluding hydrogens is 420 g/mol. The van der Waals surface area contributed by atoms with Crippen molar-refractivity contribution in [1.82, 2.24) is 20.4 Å². The number of carbonyl (C=O) groups is 3. The molecule has 0 spiro atoms. The van der Waals surface area contributed by atoms with E-state index in [4.69, 9.17) is 0 Å². The van der Waals surface area contributed by atoms with Crippen LogP contribution in [-0.4, -0.2) is 79.3 Å². The molecule has 3 aliphatic heterocycles. The Kier molecular flexibility index (Phi) is 5.55. The molecule has 9 nitrogen and oxygen atoms in total. The number of imide groups is 1. The first-order chi connectivity index (χ1) is 14.6. The van der Waals surface area contributed by atoms with Gasteiger partial charge < -0.3 is 10.6 Å². The Labute approximate surface area is 182 Å². The molecule has 2 N–H and O–H groups in total. The summed E-state index contributed by atoms with van der Waals surface area (Å²) in [6.07, 6.45) is 2.02. The molecule has 4 amide bonds. The van der Waals surface area contributed by atoms with E-state index < -0.39 is 45.8 Å². The van der Waals surface area contributed by atoms with E-state index >= 15 is 0 Å². The van der Waals surface area contributed by atoms with Crippen LogP contribution in [0.15, 0.2) is 24.3 Å². The van der Waals surface area contributed by atoms with Gasteiger partial charge in [0.1, 0.15) is 12.1 Å². The molecule has 3 fully saturated rings. The summed E-state index contributed by atoms with van der Waals surface area (Å²) in [7, 11) is -3.25. The minimum absolute atomic E-state index is 0.0204. The first-order valence-electron chi connectivity index (χ1n) is 10.5. The van der Waals surface area contributed by atoms with Gasteiger partial charge in [-0.15, -0.1) is 0 Å². The second-order valence-electron chi connectivity index (χ2n) is 8.87. The summed E-state index contributed by atoms with van der Waals surface area (Å²) in [4.78, 5) is 41.2. The van der Waals surface area contributed by atoms with Crippen LogP contribution in [0.1, 0.15) is 30.9 Å². The van der Waals surface area contributed by atoms with E-state index in [2.05, 4.69) is 15.5 Å². The summed E-state index contributed by atoms with van der Waals surface area (Å²) in [5, 5.41) is 5.46. The van der Waals surface area contributed by atoms with Gasteiger partial charge in [0.05, 0.1) is 17.5 Å². The Morgan fingerprint density at radius 2 is 1.81 bits per heavy atom. The predicted molar refractivity (Wildman–Crippen MR) is 114 cm³/mol. The first kappa shape index (κ1) is 21.8. The van der Waals surface area contributed by atoms with Gasteiger partial charge in [-0.3, -0.25) is 19.4 Å². The number of nitrogens with zero attached hydrogens (tertiary/aromatic N) is 2. The molecule has 3 atom stereocenters. The minimum atomic E-state index is -3.25. The smallest absolute Gasteiger partial charge is 0.325 e. The molecule has 10 heteroatoms. The number of benzene rings is 1. The Hall–Kier alpha value is -2.46. The molecule has 0 radical (unpaired) electrons. The van der Waals surface area contributed by atoms with E-state index in [1.165, 1.54) is 0 Å². The maximum absolute atomic E-state index is 13.0. The van der Waals surface area contributed by atoms with Crippen LogP contribution in [0.4, 0.5) is 4.79 Å². The summed E-state index contributed by atoms with van der Waals surface area (Å²) in [5.74, 6) is -1.15. The van der Waals surface area contributed by atoms with Gasteiger partial charge in [-0.05, 0) is 45.3 Å². The summed E-state index contributed by atoms with van der Waals surface area (Å²) < 4.78 is 24.4. The van der Waals surface area contributed by atoms with Gasteiger partial charge in [-0.1, -0.05) is 29.8 Å². The molecule has 0 bridgehead atoms. The van der Waals surface area contributed by atoms with E-state index in [-0.39, 0.29) is 17.5 Å². The molecule has 3 unspecified atom stereocenters. The van der Waals surface area contributed by atoms with Crippen molar-refractivity contribution in [1.29, 1.82) is 0 Å². The van der Waals surface area contributed by atoms with Crippen LogP contribution in [0, 0.1) is 6.92 Å². The molecule has 3 saturated heterocycles. The second kappa shape index (κ2) is 7.90. The lowest BCUT2D eigenvalue weighted by Crippen LogP contribution is -2.52. The topological polar surface area (TPSA) is 116 Å². The van der Waals surface area contributed by atoms with Crippen molar-refractivity contribution in [2.75, 3.05) is 31.1 Å². The Morgan fingerprint density at radius 3 is 2.45 bits per heavy atom. The van der Waals surface area contributed by atoms with Crippen molar-refractivity contribution < 1.29 is 22.8 Å². The number of aryl methyl sites for hydroxylation is 1. The highest BCUT2D eigenvalue weighted by molar-refractivity contribution is 7.91. The van der Waals surface area contributed by atoms with Gasteiger partial charge in [0, 0.05) is 6.04 Å². The normalized spacial score (nSPS) is 30.6. The summed E-state index contributed by atoms with van der Waals surface area (Å²) in [6.45, 7) is 4.72. The fourth-order valence-electron chi connectivity index (χ4n) is 4.72. The summed E-state index contributed by atoms with van der Waals surface area (Å²) in [6, 6.07) is 5.82. The molecule has 1 aromatic rings. The van der Waals surface area contributed by atoms with Crippen LogP contribution in [0.5, 0.6) is 0 Å². The second-order valence-corrected chi connectivity index (χ2v) is 11.0. The zero-order valence-electron chi connectivity index (χ0n) is 17.8. The van der Waals surface area contributed by atoms with Crippen molar-refractivity contribution in [2.45, 2.75) is 44.3 Å². The van der Waals surface area contributed by atoms with Gasteiger partial charge in [-0.2, -0.15) is 0 Å². The van der Waals surface area contributed by atoms with Crippen LogP contribution in [0.25, 0.3) is 0 Å². The third-order valence-electron chi connectivity index (χ3n) is 6.48. The molecule has 4 rings (SSSR count). The third kappa shape index (κ3) is 4.18. The van der Waals surface area contributed by atoms with Gasteiger partial charge in [-0.25, -0.2) is 13.2 Å². The molecule has 3 heterocycles. The zero-order chi connectivity index (χ0) is 22.4. The van der Waals surface area contributed by atoms with Crippen molar-refractivity contribution in [3.63, 3.8) is 0 Å². The van der Waals surface area contributed by atoms with Crippen molar-refractivity contribution in [3.8, 4) is 0 Å². The molecule has 0 aliphatic carbocycles. The number of urea groups is 1. The molecule has 3 aliphatic rings. The number of carbonyl (C=O) groups excluding carboxylic acids is 3.